The summed E-state index contributed by atoms with van der Waals surface area (Å²) in [5.41, 5.74) is 1.35. The molecule has 0 spiro atoms. The minimum Gasteiger partial charge on any atom is -0.497 e. The average molecular weight is 685 g/mol. The van der Waals surface area contributed by atoms with E-state index >= 15 is 0 Å². The Morgan fingerprint density at radius 3 is 2.14 bits per heavy atom. The van der Waals surface area contributed by atoms with Crippen molar-refractivity contribution < 1.29 is 27.7 Å². The zero-order chi connectivity index (χ0) is 34.8. The maximum Gasteiger partial charge on any atom is 0.269 e. The highest BCUT2D eigenvalue weighted by molar-refractivity contribution is 7.92. The van der Waals surface area contributed by atoms with Gasteiger partial charge in [-0.3, -0.25) is 24.0 Å². The second-order valence-corrected chi connectivity index (χ2v) is 13.9. The standard InChI is InChI=1S/C37H40N4O7S/c1-48-33-17-11-14-29(24-33)26-39(35(25-28-12-5-2-6-13-28)37(43)38-30-15-7-3-8-16-30)36(42)27-40(31-20-22-32(23-21-31)41(44)45)49(46,47)34-18-9-4-10-19-34/h2,4-6,9-14,17-24,30,35H,3,7-8,15-16,25-27H2,1H3,(H,38,43)/t35-/m0/s1. The maximum atomic E-state index is 14.7. The fraction of sp³-hybridized carbons (Fsp3) is 0.297. The Morgan fingerprint density at radius 2 is 1.51 bits per heavy atom. The van der Waals surface area contributed by atoms with Gasteiger partial charge < -0.3 is 15.0 Å². The Bertz CT molecular complexity index is 1830. The van der Waals surface area contributed by atoms with Gasteiger partial charge in [0.15, 0.2) is 0 Å². The number of amides is 2. The van der Waals surface area contributed by atoms with Crippen LogP contribution in [-0.2, 0) is 32.6 Å². The first-order valence-electron chi connectivity index (χ1n) is 16.2. The van der Waals surface area contributed by atoms with E-state index in [4.69, 9.17) is 4.74 Å². The van der Waals surface area contributed by atoms with E-state index in [9.17, 15) is 28.1 Å². The lowest BCUT2D eigenvalue weighted by Gasteiger charge is -2.35. The van der Waals surface area contributed by atoms with E-state index in [2.05, 4.69) is 5.32 Å². The summed E-state index contributed by atoms with van der Waals surface area (Å²) >= 11 is 0. The van der Waals surface area contributed by atoms with Gasteiger partial charge in [0.1, 0.15) is 18.3 Å². The summed E-state index contributed by atoms with van der Waals surface area (Å²) in [5, 5.41) is 14.6. The zero-order valence-electron chi connectivity index (χ0n) is 27.3. The van der Waals surface area contributed by atoms with Crippen molar-refractivity contribution in [2.24, 2.45) is 0 Å². The molecule has 1 aliphatic carbocycles. The maximum absolute atomic E-state index is 14.7. The molecule has 4 aromatic rings. The number of sulfonamides is 1. The number of non-ortho nitro benzene ring substituents is 1. The fourth-order valence-corrected chi connectivity index (χ4v) is 7.49. The number of benzene rings is 4. The highest BCUT2D eigenvalue weighted by atomic mass is 32.2. The Balaban J connectivity index is 1.57. The van der Waals surface area contributed by atoms with Crippen LogP contribution in [0, 0.1) is 10.1 Å². The van der Waals surface area contributed by atoms with Crippen LogP contribution in [0.25, 0.3) is 0 Å². The molecule has 49 heavy (non-hydrogen) atoms. The van der Waals surface area contributed by atoms with Crippen LogP contribution in [0.5, 0.6) is 5.75 Å². The molecular formula is C37H40N4O7S. The van der Waals surface area contributed by atoms with Gasteiger partial charge in [0.05, 0.1) is 22.6 Å². The van der Waals surface area contributed by atoms with Crippen LogP contribution in [0.4, 0.5) is 11.4 Å². The topological polar surface area (TPSA) is 139 Å². The minimum atomic E-state index is -4.33. The van der Waals surface area contributed by atoms with Crippen molar-refractivity contribution >= 4 is 33.2 Å². The summed E-state index contributed by atoms with van der Waals surface area (Å²) in [6.07, 6.45) is 4.99. The van der Waals surface area contributed by atoms with Gasteiger partial charge in [-0.05, 0) is 60.4 Å². The molecule has 0 aromatic heterocycles. The number of ether oxygens (including phenoxy) is 1. The summed E-state index contributed by atoms with van der Waals surface area (Å²) in [5.74, 6) is -0.379. The van der Waals surface area contributed by atoms with E-state index in [0.29, 0.717) is 11.3 Å². The van der Waals surface area contributed by atoms with Crippen molar-refractivity contribution in [3.8, 4) is 5.75 Å². The van der Waals surface area contributed by atoms with E-state index in [1.54, 1.807) is 36.4 Å². The zero-order valence-corrected chi connectivity index (χ0v) is 28.1. The molecule has 1 saturated carbocycles. The van der Waals surface area contributed by atoms with Gasteiger partial charge in [-0.1, -0.05) is 79.9 Å². The highest BCUT2D eigenvalue weighted by Crippen LogP contribution is 2.27. The second-order valence-electron chi connectivity index (χ2n) is 12.0. The average Bonchev–Trinajstić information content (AvgIpc) is 3.13. The summed E-state index contributed by atoms with van der Waals surface area (Å²) in [4.78, 5) is 41.1. The molecule has 11 nitrogen and oxygen atoms in total. The summed E-state index contributed by atoms with van der Waals surface area (Å²) in [7, 11) is -2.80. The predicted octanol–water partition coefficient (Wildman–Crippen LogP) is 5.89. The third-order valence-electron chi connectivity index (χ3n) is 8.67. The van der Waals surface area contributed by atoms with Gasteiger partial charge in [-0.25, -0.2) is 8.42 Å². The molecule has 0 heterocycles. The molecule has 2 amide bonds. The fourth-order valence-electron chi connectivity index (χ4n) is 6.05. The van der Waals surface area contributed by atoms with Crippen LogP contribution in [0.15, 0.2) is 114 Å². The van der Waals surface area contributed by atoms with Crippen LogP contribution in [0.1, 0.15) is 43.2 Å². The Kier molecular flexibility index (Phi) is 11.6. The number of methoxy groups -OCH3 is 1. The van der Waals surface area contributed by atoms with Crippen molar-refractivity contribution in [2.45, 2.75) is 62.0 Å². The monoisotopic (exact) mass is 684 g/mol. The third kappa shape index (κ3) is 9.02. The lowest BCUT2D eigenvalue weighted by Crippen LogP contribution is -2.55. The molecule has 0 bridgehead atoms. The largest absolute Gasteiger partial charge is 0.497 e. The summed E-state index contributed by atoms with van der Waals surface area (Å²) in [6.45, 7) is -0.674. The number of carbonyl (C=O) groups is 2. The van der Waals surface area contributed by atoms with E-state index in [-0.39, 0.29) is 41.2 Å². The number of hydrogen-bond donors (Lipinski definition) is 1. The van der Waals surface area contributed by atoms with Crippen LogP contribution in [0.2, 0.25) is 0 Å². The van der Waals surface area contributed by atoms with Crippen molar-refractivity contribution in [3.05, 3.63) is 130 Å². The minimum absolute atomic E-state index is 0.00882. The van der Waals surface area contributed by atoms with Gasteiger partial charge in [-0.2, -0.15) is 0 Å². The molecule has 1 aliphatic rings. The first-order chi connectivity index (χ1) is 23.7. The number of nitrogens with zero attached hydrogens (tertiary/aromatic N) is 3. The lowest BCUT2D eigenvalue weighted by atomic mass is 9.94. The lowest BCUT2D eigenvalue weighted by molar-refractivity contribution is -0.384. The van der Waals surface area contributed by atoms with Crippen LogP contribution in [-0.4, -0.2) is 55.8 Å². The summed E-state index contributed by atoms with van der Waals surface area (Å²) in [6, 6.07) is 28.2. The van der Waals surface area contributed by atoms with E-state index in [1.807, 2.05) is 36.4 Å². The number of nitrogens with one attached hydrogen (secondary N) is 1. The van der Waals surface area contributed by atoms with Gasteiger partial charge >= 0.3 is 0 Å². The molecule has 0 aliphatic heterocycles. The van der Waals surface area contributed by atoms with Crippen molar-refractivity contribution in [1.29, 1.82) is 0 Å². The molecule has 1 N–H and O–H groups in total. The molecular weight excluding hydrogens is 644 g/mol. The number of nitro benzene ring substituents is 1. The van der Waals surface area contributed by atoms with E-state index in [1.165, 1.54) is 48.4 Å². The number of anilines is 1. The smallest absolute Gasteiger partial charge is 0.269 e. The third-order valence-corrected chi connectivity index (χ3v) is 10.5. The Hall–Kier alpha value is -5.23. The van der Waals surface area contributed by atoms with E-state index < -0.39 is 33.4 Å². The van der Waals surface area contributed by atoms with Crippen molar-refractivity contribution in [3.63, 3.8) is 0 Å². The molecule has 256 valence electrons. The molecule has 0 saturated heterocycles. The van der Waals surface area contributed by atoms with Gasteiger partial charge in [-0.15, -0.1) is 0 Å². The molecule has 12 heteroatoms. The highest BCUT2D eigenvalue weighted by Gasteiger charge is 2.35. The SMILES string of the molecule is COc1cccc(CN(C(=O)CN(c2ccc([N+](=O)[O-])cc2)S(=O)(=O)c2ccccc2)[C@@H](Cc2ccccc2)C(=O)NC2CCCCC2)c1. The normalized spacial score (nSPS) is 14.0. The summed E-state index contributed by atoms with van der Waals surface area (Å²) < 4.78 is 34.6. The van der Waals surface area contributed by atoms with Crippen LogP contribution < -0.4 is 14.4 Å². The first kappa shape index (κ1) is 35.1. The molecule has 0 radical (unpaired) electrons. The Morgan fingerprint density at radius 1 is 0.878 bits per heavy atom. The van der Waals surface area contributed by atoms with Gasteiger partial charge in [0.2, 0.25) is 11.8 Å². The first-order valence-corrected chi connectivity index (χ1v) is 17.7. The second kappa shape index (κ2) is 16.2. The number of carbonyl (C=O) groups excluding carboxylic acids is 2. The number of nitro groups is 1. The number of hydrogen-bond acceptors (Lipinski definition) is 7. The molecule has 4 aromatic carbocycles. The van der Waals surface area contributed by atoms with E-state index in [0.717, 1.165) is 42.0 Å². The van der Waals surface area contributed by atoms with Crippen molar-refractivity contribution in [1.82, 2.24) is 10.2 Å². The molecule has 5 rings (SSSR count). The quantitative estimate of drug-likeness (QED) is 0.129. The number of rotatable bonds is 14. The van der Waals surface area contributed by atoms with Gasteiger partial charge in [0, 0.05) is 31.1 Å². The van der Waals surface area contributed by atoms with Crippen LogP contribution in [0.3, 0.4) is 0 Å². The van der Waals surface area contributed by atoms with Gasteiger partial charge in [0.25, 0.3) is 15.7 Å². The predicted molar refractivity (Wildman–Crippen MR) is 187 cm³/mol. The molecule has 1 fully saturated rings. The van der Waals surface area contributed by atoms with Crippen LogP contribution >= 0.6 is 0 Å². The molecule has 1 atom stereocenters. The molecule has 0 unspecified atom stereocenters. The Labute approximate surface area is 286 Å². The van der Waals surface area contributed by atoms with Crippen molar-refractivity contribution in [2.75, 3.05) is 18.0 Å².